The summed E-state index contributed by atoms with van der Waals surface area (Å²) < 4.78 is 0. The highest BCUT2D eigenvalue weighted by Crippen LogP contribution is 2.20. The molecule has 0 saturated heterocycles. The Kier molecular flexibility index (Phi) is 10.7. The van der Waals surface area contributed by atoms with Crippen molar-refractivity contribution in [2.45, 2.75) is 50.9 Å². The molecule has 0 aromatic heterocycles. The number of rotatable bonds is 13. The molecule has 0 spiro atoms. The zero-order chi connectivity index (χ0) is 26.4. The van der Waals surface area contributed by atoms with Gasteiger partial charge in [-0.3, -0.25) is 0 Å². The highest BCUT2D eigenvalue weighted by Gasteiger charge is 2.23. The average molecular weight is 501 g/mol. The molecule has 4 atom stereocenters. The number of hydrogen-bond acceptors (Lipinski definition) is 2. The lowest BCUT2D eigenvalue weighted by molar-refractivity contribution is 0.324. The molecule has 2 nitrogen and oxygen atoms in total. The van der Waals surface area contributed by atoms with E-state index in [0.717, 1.165) is 12.8 Å². The van der Waals surface area contributed by atoms with Crippen molar-refractivity contribution < 1.29 is 0 Å². The van der Waals surface area contributed by atoms with Gasteiger partial charge in [0.05, 0.1) is 0 Å². The van der Waals surface area contributed by atoms with Gasteiger partial charge in [0.2, 0.25) is 0 Å². The van der Waals surface area contributed by atoms with Crippen LogP contribution < -0.4 is 10.6 Å². The number of hydrogen-bond donors (Lipinski definition) is 2. The summed E-state index contributed by atoms with van der Waals surface area (Å²) in [6, 6.07) is 43.5. The van der Waals surface area contributed by atoms with Gasteiger partial charge in [0.25, 0.3) is 0 Å². The lowest BCUT2D eigenvalue weighted by atomic mass is 9.96. The summed E-state index contributed by atoms with van der Waals surface area (Å²) in [5.41, 5.74) is 5.07. The van der Waals surface area contributed by atoms with Crippen LogP contribution >= 0.6 is 0 Å². The Balaban J connectivity index is 1.58. The third kappa shape index (κ3) is 8.69. The van der Waals surface area contributed by atoms with E-state index in [0.29, 0.717) is 0 Å². The molecule has 2 heteroatoms. The van der Waals surface area contributed by atoms with Crippen LogP contribution in [-0.4, -0.2) is 12.1 Å². The van der Waals surface area contributed by atoms with E-state index >= 15 is 0 Å². The van der Waals surface area contributed by atoms with Crippen LogP contribution in [0.25, 0.3) is 12.2 Å². The van der Waals surface area contributed by atoms with Crippen molar-refractivity contribution in [3.05, 3.63) is 156 Å². The van der Waals surface area contributed by atoms with Crippen molar-refractivity contribution in [3.8, 4) is 0 Å². The second-order valence-corrected chi connectivity index (χ2v) is 9.91. The van der Waals surface area contributed by atoms with Crippen LogP contribution in [0.5, 0.6) is 0 Å². The maximum Gasteiger partial charge on any atom is 0.0295 e. The van der Waals surface area contributed by atoms with E-state index in [1.54, 1.807) is 0 Å². The van der Waals surface area contributed by atoms with E-state index in [4.69, 9.17) is 0 Å². The molecule has 0 aliphatic carbocycles. The Morgan fingerprint density at radius 2 is 0.789 bits per heavy atom. The molecule has 4 rings (SSSR count). The van der Waals surface area contributed by atoms with Gasteiger partial charge in [0, 0.05) is 24.2 Å². The summed E-state index contributed by atoms with van der Waals surface area (Å²) in [7, 11) is 0. The van der Waals surface area contributed by atoms with Crippen molar-refractivity contribution in [1.82, 2.24) is 10.6 Å². The summed E-state index contributed by atoms with van der Waals surface area (Å²) in [6.07, 6.45) is 10.9. The van der Waals surface area contributed by atoms with E-state index in [1.165, 1.54) is 22.3 Å². The fraction of sp³-hybridized carbons (Fsp3) is 0.222. The van der Waals surface area contributed by atoms with Crippen LogP contribution in [0.4, 0.5) is 0 Å². The molecule has 0 radical (unpaired) electrons. The number of benzene rings is 4. The number of nitrogens with one attached hydrogen (secondary N) is 2. The van der Waals surface area contributed by atoms with Gasteiger partial charge >= 0.3 is 0 Å². The van der Waals surface area contributed by atoms with E-state index in [1.807, 2.05) is 0 Å². The minimum atomic E-state index is 0.233. The summed E-state index contributed by atoms with van der Waals surface area (Å²) in [5, 5.41) is 7.95. The fourth-order valence-electron chi connectivity index (χ4n) is 4.84. The topological polar surface area (TPSA) is 24.1 Å². The molecular formula is C36H40N2. The molecule has 0 aliphatic heterocycles. The van der Waals surface area contributed by atoms with Crippen LogP contribution in [0.3, 0.4) is 0 Å². The molecule has 2 N–H and O–H groups in total. The molecule has 0 fully saturated rings. The van der Waals surface area contributed by atoms with Crippen molar-refractivity contribution >= 4 is 12.2 Å². The van der Waals surface area contributed by atoms with Crippen LogP contribution in [0, 0.1) is 0 Å². The van der Waals surface area contributed by atoms with Gasteiger partial charge in [-0.1, -0.05) is 146 Å². The first-order valence-corrected chi connectivity index (χ1v) is 13.7. The van der Waals surface area contributed by atoms with Crippen LogP contribution in [0.15, 0.2) is 133 Å². The molecule has 0 saturated carbocycles. The van der Waals surface area contributed by atoms with E-state index in [-0.39, 0.29) is 24.2 Å². The lowest BCUT2D eigenvalue weighted by Gasteiger charge is -2.33. The molecule has 0 unspecified atom stereocenters. The zero-order valence-corrected chi connectivity index (χ0v) is 22.6. The summed E-state index contributed by atoms with van der Waals surface area (Å²) >= 11 is 0. The predicted octanol–water partition coefficient (Wildman–Crippen LogP) is 8.63. The van der Waals surface area contributed by atoms with Crippen molar-refractivity contribution in [3.63, 3.8) is 0 Å². The van der Waals surface area contributed by atoms with Crippen LogP contribution in [0.2, 0.25) is 0 Å². The predicted molar refractivity (Wildman–Crippen MR) is 164 cm³/mol. The SMILES string of the molecule is C[C@H](N[C@@H](C/C=C/c1ccccc1)[C@H](C/C=C/c1ccccc1)N[C@@H](C)c1ccccc1)c1ccccc1. The third-order valence-electron chi connectivity index (χ3n) is 7.01. The van der Waals surface area contributed by atoms with Gasteiger partial charge in [-0.25, -0.2) is 0 Å². The third-order valence-corrected chi connectivity index (χ3v) is 7.01. The molecular weight excluding hydrogens is 460 g/mol. The normalized spacial score (nSPS) is 14.9. The molecule has 0 amide bonds. The second-order valence-electron chi connectivity index (χ2n) is 9.91. The zero-order valence-electron chi connectivity index (χ0n) is 22.6. The van der Waals surface area contributed by atoms with Gasteiger partial charge in [-0.05, 0) is 48.9 Å². The summed E-state index contributed by atoms with van der Waals surface area (Å²) in [5.74, 6) is 0. The van der Waals surface area contributed by atoms with Gasteiger partial charge < -0.3 is 10.6 Å². The van der Waals surface area contributed by atoms with Gasteiger partial charge in [-0.15, -0.1) is 0 Å². The second kappa shape index (κ2) is 14.9. The fourth-order valence-corrected chi connectivity index (χ4v) is 4.84. The quantitative estimate of drug-likeness (QED) is 0.192. The van der Waals surface area contributed by atoms with Gasteiger partial charge in [0.15, 0.2) is 0 Å². The first-order chi connectivity index (χ1) is 18.7. The van der Waals surface area contributed by atoms with E-state index < -0.39 is 0 Å². The Bertz CT molecular complexity index is 1130. The minimum absolute atomic E-state index is 0.233. The molecule has 4 aromatic carbocycles. The molecule has 0 bridgehead atoms. The van der Waals surface area contributed by atoms with Crippen LogP contribution in [-0.2, 0) is 0 Å². The summed E-state index contributed by atoms with van der Waals surface area (Å²) in [4.78, 5) is 0. The smallest absolute Gasteiger partial charge is 0.0295 e. The highest BCUT2D eigenvalue weighted by atomic mass is 15.0. The Morgan fingerprint density at radius 3 is 1.13 bits per heavy atom. The standard InChI is InChI=1S/C36H40N2/c1-29(33-23-11-5-12-24-33)37-35(27-15-21-31-17-7-3-8-18-31)36(28-16-22-32-19-9-4-10-20-32)38-30(2)34-25-13-6-14-26-34/h3-26,29-30,35-38H,27-28H2,1-2H3/b21-15+,22-16+/t29-,30-,35-,36-/m0/s1. The molecule has 38 heavy (non-hydrogen) atoms. The van der Waals surface area contributed by atoms with E-state index in [9.17, 15) is 0 Å². The molecule has 0 aliphatic rings. The monoisotopic (exact) mass is 500 g/mol. The minimum Gasteiger partial charge on any atom is -0.306 e. The maximum absolute atomic E-state index is 3.98. The molecule has 0 heterocycles. The molecule has 4 aromatic rings. The van der Waals surface area contributed by atoms with Crippen molar-refractivity contribution in [1.29, 1.82) is 0 Å². The van der Waals surface area contributed by atoms with E-state index in [2.05, 4.69) is 170 Å². The Morgan fingerprint density at radius 1 is 0.474 bits per heavy atom. The highest BCUT2D eigenvalue weighted by molar-refractivity contribution is 5.49. The van der Waals surface area contributed by atoms with Crippen LogP contribution in [0.1, 0.15) is 61.0 Å². The van der Waals surface area contributed by atoms with Crippen molar-refractivity contribution in [2.24, 2.45) is 0 Å². The van der Waals surface area contributed by atoms with Crippen molar-refractivity contribution in [2.75, 3.05) is 0 Å². The van der Waals surface area contributed by atoms with Gasteiger partial charge in [0.1, 0.15) is 0 Å². The first kappa shape index (κ1) is 27.3. The summed E-state index contributed by atoms with van der Waals surface area (Å²) in [6.45, 7) is 4.53. The molecule has 194 valence electrons. The Hall–Kier alpha value is -3.72. The lowest BCUT2D eigenvalue weighted by Crippen LogP contribution is -2.49. The Labute approximate surface area is 229 Å². The maximum atomic E-state index is 3.98. The first-order valence-electron chi connectivity index (χ1n) is 13.7. The van der Waals surface area contributed by atoms with Gasteiger partial charge in [-0.2, -0.15) is 0 Å². The average Bonchev–Trinajstić information content (AvgIpc) is 2.98. The largest absolute Gasteiger partial charge is 0.306 e.